The summed E-state index contributed by atoms with van der Waals surface area (Å²) in [5.74, 6) is 8.84. The number of carbonyl (C=O) groups is 4. The van der Waals surface area contributed by atoms with Gasteiger partial charge in [0.05, 0.1) is 51.1 Å². The minimum absolute atomic E-state index is 0.0534. The standard InChI is InChI=1S/C48H62N8O6/c1-25(2)41(53-47(59)61-11)45(57)55(43-29(7)30(43)8)23-39-49-21-37(51-39)35-17-15-33(27(5)19-35)13-14-34-16-18-36(20-28(34)6)38-22-50-40(52-38)24-56(44-31(9)32(44)10)46(58)42(26(3)4)54-48(60)62-12/h15-22,25-26,29-32,41-44H,23-24H2,1-12H3,(H,49,51)(H,50,52)(H,53,59)(H,54,60)/t29-,30+,31-,32+,41-,42-,43?,44?/m0/s1. The lowest BCUT2D eigenvalue weighted by atomic mass is 10.0. The van der Waals surface area contributed by atoms with E-state index in [9.17, 15) is 19.2 Å². The first-order chi connectivity index (χ1) is 29.4. The van der Waals surface area contributed by atoms with Crippen molar-refractivity contribution in [3.63, 3.8) is 0 Å². The number of carbonyl (C=O) groups excluding carboxylic acids is 4. The number of nitrogens with one attached hydrogen (secondary N) is 4. The van der Waals surface area contributed by atoms with Crippen molar-refractivity contribution in [2.45, 2.75) is 106 Å². The second kappa shape index (κ2) is 18.9. The van der Waals surface area contributed by atoms with Gasteiger partial charge >= 0.3 is 12.2 Å². The smallest absolute Gasteiger partial charge is 0.407 e. The fourth-order valence-corrected chi connectivity index (χ4v) is 8.40. The Morgan fingerprint density at radius 1 is 0.645 bits per heavy atom. The highest BCUT2D eigenvalue weighted by atomic mass is 16.5. The van der Waals surface area contributed by atoms with Crippen LogP contribution in [0.15, 0.2) is 48.8 Å². The zero-order chi connectivity index (χ0) is 45.2. The van der Waals surface area contributed by atoms with Crippen molar-refractivity contribution in [3.8, 4) is 34.4 Å². The van der Waals surface area contributed by atoms with E-state index >= 15 is 0 Å². The first-order valence-corrected chi connectivity index (χ1v) is 21.6. The highest BCUT2D eigenvalue weighted by Gasteiger charge is 2.51. The minimum atomic E-state index is -0.718. The van der Waals surface area contributed by atoms with E-state index in [2.05, 4.69) is 82.2 Å². The number of nitrogens with zero attached hydrogens (tertiary/aromatic N) is 4. The van der Waals surface area contributed by atoms with Crippen molar-refractivity contribution in [3.05, 3.63) is 82.7 Å². The molecule has 0 spiro atoms. The maximum Gasteiger partial charge on any atom is 0.407 e. The van der Waals surface area contributed by atoms with Crippen LogP contribution in [-0.4, -0.2) is 92.1 Å². The first kappa shape index (κ1) is 45.4. The number of hydrogen-bond donors (Lipinski definition) is 4. The Morgan fingerprint density at radius 3 is 1.29 bits per heavy atom. The van der Waals surface area contributed by atoms with Crippen molar-refractivity contribution >= 4 is 24.0 Å². The molecule has 14 heteroatoms. The third kappa shape index (κ3) is 9.99. The fourth-order valence-electron chi connectivity index (χ4n) is 8.40. The third-order valence-electron chi connectivity index (χ3n) is 12.9. The average Bonchev–Trinajstić information content (AvgIpc) is 3.74. The minimum Gasteiger partial charge on any atom is -0.453 e. The fraction of sp³-hybridized carbons (Fsp3) is 0.500. The van der Waals surface area contributed by atoms with Crippen LogP contribution >= 0.6 is 0 Å². The van der Waals surface area contributed by atoms with Crippen LogP contribution in [0.25, 0.3) is 22.5 Å². The molecule has 2 fully saturated rings. The highest BCUT2D eigenvalue weighted by molar-refractivity contribution is 5.87. The Balaban J connectivity index is 1.13. The van der Waals surface area contributed by atoms with Gasteiger partial charge in [-0.3, -0.25) is 9.59 Å². The summed E-state index contributed by atoms with van der Waals surface area (Å²) in [5.41, 5.74) is 7.41. The lowest BCUT2D eigenvalue weighted by molar-refractivity contribution is -0.136. The monoisotopic (exact) mass is 846 g/mol. The van der Waals surface area contributed by atoms with Crippen LogP contribution in [0.3, 0.4) is 0 Å². The van der Waals surface area contributed by atoms with Gasteiger partial charge in [-0.15, -0.1) is 0 Å². The molecule has 0 aliphatic heterocycles. The maximum atomic E-state index is 13.9. The molecule has 2 saturated carbocycles. The van der Waals surface area contributed by atoms with Crippen molar-refractivity contribution < 1.29 is 28.7 Å². The molecule has 2 aromatic heterocycles. The second-order valence-corrected chi connectivity index (χ2v) is 17.9. The first-order valence-electron chi connectivity index (χ1n) is 21.6. The molecule has 4 amide bonds. The van der Waals surface area contributed by atoms with Crippen LogP contribution in [0.4, 0.5) is 9.59 Å². The molecular weight excluding hydrogens is 785 g/mol. The van der Waals surface area contributed by atoms with Gasteiger partial charge in [0, 0.05) is 23.2 Å². The Hall–Kier alpha value is -6.10. The summed E-state index contributed by atoms with van der Waals surface area (Å²) in [7, 11) is 2.59. The van der Waals surface area contributed by atoms with E-state index < -0.39 is 24.3 Å². The van der Waals surface area contributed by atoms with E-state index in [0.717, 1.165) is 44.8 Å². The van der Waals surface area contributed by atoms with E-state index in [1.54, 1.807) is 12.4 Å². The molecule has 2 aliphatic carbocycles. The number of ether oxygens (including phenoxy) is 2. The predicted octanol–water partition coefficient (Wildman–Crippen LogP) is 7.21. The molecule has 0 bridgehead atoms. The van der Waals surface area contributed by atoms with E-state index in [1.165, 1.54) is 14.2 Å². The SMILES string of the molecule is COC(=O)N[C@H](C(=O)N(Cc1ncc(-c2ccc(C#Cc3ccc(-c4cnc(CN(C(=O)[C@@H](NC(=O)OC)C(C)C)C5[C@@H](C)[C@H]5C)[nH]4)cc3C)c(C)c2)[nH]1)C1[C@@H](C)[C@H]1C)C(C)C. The van der Waals surface area contributed by atoms with Gasteiger partial charge in [-0.25, -0.2) is 19.6 Å². The Morgan fingerprint density at radius 2 is 1.00 bits per heavy atom. The highest BCUT2D eigenvalue weighted by Crippen LogP contribution is 2.44. The molecule has 62 heavy (non-hydrogen) atoms. The van der Waals surface area contributed by atoms with Crippen LogP contribution in [-0.2, 0) is 32.2 Å². The molecular formula is C48H62N8O6. The summed E-state index contributed by atoms with van der Waals surface area (Å²) in [5, 5.41) is 5.45. The van der Waals surface area contributed by atoms with Crippen LogP contribution < -0.4 is 10.6 Å². The summed E-state index contributed by atoms with van der Waals surface area (Å²) in [4.78, 5) is 71.8. The van der Waals surface area contributed by atoms with E-state index in [4.69, 9.17) is 9.47 Å². The number of hydrogen-bond acceptors (Lipinski definition) is 8. The van der Waals surface area contributed by atoms with Crippen molar-refractivity contribution in [2.24, 2.45) is 35.5 Å². The van der Waals surface area contributed by atoms with Crippen LogP contribution in [0.5, 0.6) is 0 Å². The maximum absolute atomic E-state index is 13.9. The number of imidazole rings is 2. The number of aromatic nitrogens is 4. The average molecular weight is 847 g/mol. The Bertz CT molecular complexity index is 2180. The van der Waals surface area contributed by atoms with Gasteiger partial charge in [0.25, 0.3) is 0 Å². The summed E-state index contributed by atoms with van der Waals surface area (Å²) in [6.07, 6.45) is 2.31. The number of amides is 4. The lowest BCUT2D eigenvalue weighted by Crippen LogP contribution is -2.52. The molecule has 2 aromatic carbocycles. The Labute approximate surface area is 365 Å². The van der Waals surface area contributed by atoms with Crippen LogP contribution in [0.2, 0.25) is 0 Å². The summed E-state index contributed by atoms with van der Waals surface area (Å²) < 4.78 is 9.61. The number of methoxy groups -OCH3 is 2. The van der Waals surface area contributed by atoms with E-state index in [1.807, 2.05) is 75.6 Å². The number of rotatable bonds is 14. The predicted molar refractivity (Wildman–Crippen MR) is 237 cm³/mol. The van der Waals surface area contributed by atoms with E-state index in [0.29, 0.717) is 48.4 Å². The number of aromatic amines is 2. The molecule has 2 unspecified atom stereocenters. The summed E-state index contributed by atoms with van der Waals surface area (Å²) >= 11 is 0. The molecule has 330 valence electrons. The van der Waals surface area contributed by atoms with Gasteiger partial charge in [-0.05, 0) is 95.9 Å². The van der Waals surface area contributed by atoms with Gasteiger partial charge in [-0.1, -0.05) is 79.4 Å². The van der Waals surface area contributed by atoms with Crippen molar-refractivity contribution in [1.82, 2.24) is 40.4 Å². The third-order valence-corrected chi connectivity index (χ3v) is 12.9. The molecule has 6 rings (SSSR count). The van der Waals surface area contributed by atoms with Crippen molar-refractivity contribution in [2.75, 3.05) is 14.2 Å². The van der Waals surface area contributed by atoms with Gasteiger partial charge in [-0.2, -0.15) is 0 Å². The largest absolute Gasteiger partial charge is 0.453 e. The van der Waals surface area contributed by atoms with Gasteiger partial charge in [0.1, 0.15) is 23.7 Å². The van der Waals surface area contributed by atoms with Gasteiger partial charge in [0.15, 0.2) is 0 Å². The topological polar surface area (TPSA) is 175 Å². The van der Waals surface area contributed by atoms with Crippen LogP contribution in [0, 0.1) is 61.2 Å². The van der Waals surface area contributed by atoms with Gasteiger partial charge in [0.2, 0.25) is 11.8 Å². The van der Waals surface area contributed by atoms with E-state index in [-0.39, 0.29) is 35.7 Å². The van der Waals surface area contributed by atoms with Crippen molar-refractivity contribution in [1.29, 1.82) is 0 Å². The molecule has 2 heterocycles. The quantitative estimate of drug-likeness (QED) is 0.0964. The zero-order valence-electron chi connectivity index (χ0n) is 38.0. The lowest BCUT2D eigenvalue weighted by Gasteiger charge is -2.29. The summed E-state index contributed by atoms with van der Waals surface area (Å²) in [6.45, 7) is 20.8. The number of H-pyrrole nitrogens is 2. The molecule has 14 nitrogen and oxygen atoms in total. The molecule has 0 radical (unpaired) electrons. The molecule has 0 saturated heterocycles. The normalized spacial score (nSPS) is 21.0. The number of benzene rings is 2. The molecule has 4 N–H and O–H groups in total. The second-order valence-electron chi connectivity index (χ2n) is 17.9. The Kier molecular flexibility index (Phi) is 13.8. The zero-order valence-corrected chi connectivity index (χ0v) is 38.0. The summed E-state index contributed by atoms with van der Waals surface area (Å²) in [6, 6.07) is 10.9. The number of alkyl carbamates (subject to hydrolysis) is 2. The molecule has 8 atom stereocenters. The van der Waals surface area contributed by atoms with Gasteiger partial charge < -0.3 is 39.9 Å². The number of aryl methyl sites for hydroxylation is 2. The van der Waals surface area contributed by atoms with Crippen LogP contribution in [0.1, 0.15) is 89.3 Å². The molecule has 4 aromatic rings. The molecule has 2 aliphatic rings.